The number of ether oxygens (including phenoxy) is 4. The lowest BCUT2D eigenvalue weighted by molar-refractivity contribution is -0.870. The molecule has 0 fully saturated rings. The summed E-state index contributed by atoms with van der Waals surface area (Å²) < 4.78 is 22.8. The highest BCUT2D eigenvalue weighted by molar-refractivity contribution is 5.70. The summed E-state index contributed by atoms with van der Waals surface area (Å²) in [5.41, 5.74) is 0. The summed E-state index contributed by atoms with van der Waals surface area (Å²) in [6, 6.07) is 0. The molecule has 0 amide bonds. The molecule has 0 bridgehead atoms. The van der Waals surface area contributed by atoms with E-state index in [-0.39, 0.29) is 32.2 Å². The molecule has 0 saturated carbocycles. The summed E-state index contributed by atoms with van der Waals surface area (Å²) in [7, 11) is 5.94. The Morgan fingerprint density at radius 1 is 0.377 bits per heavy atom. The molecule has 0 radical (unpaired) electrons. The van der Waals surface area contributed by atoms with E-state index in [2.05, 4.69) is 26.0 Å². The molecule has 0 aliphatic carbocycles. The van der Waals surface area contributed by atoms with E-state index in [0.717, 1.165) is 38.5 Å². The molecule has 456 valence electrons. The van der Waals surface area contributed by atoms with E-state index >= 15 is 0 Å². The molecule has 0 N–H and O–H groups in total. The van der Waals surface area contributed by atoms with E-state index in [4.69, 9.17) is 18.9 Å². The Bertz CT molecular complexity index is 1270. The second-order valence-electron chi connectivity index (χ2n) is 24.5. The number of unbranched alkanes of at least 4 members (excludes halogenated alkanes) is 47. The molecule has 0 rings (SSSR count). The third-order valence-electron chi connectivity index (χ3n) is 15.5. The Labute approximate surface area is 478 Å². The zero-order valence-corrected chi connectivity index (χ0v) is 52.1. The van der Waals surface area contributed by atoms with Crippen LogP contribution in [-0.2, 0) is 33.3 Å². The second-order valence-corrected chi connectivity index (χ2v) is 24.5. The lowest BCUT2D eigenvalue weighted by Crippen LogP contribution is -2.44. The van der Waals surface area contributed by atoms with Gasteiger partial charge in [0.15, 0.2) is 12.4 Å². The number of quaternary nitrogens is 1. The minimum Gasteiger partial charge on any atom is -0.545 e. The maximum absolute atomic E-state index is 12.9. The van der Waals surface area contributed by atoms with Gasteiger partial charge in [0.25, 0.3) is 0 Å². The molecule has 9 nitrogen and oxygen atoms in total. The van der Waals surface area contributed by atoms with Crippen molar-refractivity contribution in [3.05, 3.63) is 12.2 Å². The average Bonchev–Trinajstić information content (AvgIpc) is 3.40. The van der Waals surface area contributed by atoms with Gasteiger partial charge in [-0.2, -0.15) is 0 Å². The van der Waals surface area contributed by atoms with Crippen LogP contribution in [0.3, 0.4) is 0 Å². The van der Waals surface area contributed by atoms with Gasteiger partial charge >= 0.3 is 11.9 Å². The molecule has 0 aliphatic heterocycles. The largest absolute Gasteiger partial charge is 0.545 e. The normalized spacial score (nSPS) is 12.7. The van der Waals surface area contributed by atoms with E-state index < -0.39 is 24.3 Å². The van der Waals surface area contributed by atoms with Gasteiger partial charge in [-0.05, 0) is 38.5 Å². The average molecular weight is 1090 g/mol. The molecule has 0 heterocycles. The molecular formula is C68H131NO8. The van der Waals surface area contributed by atoms with Crippen molar-refractivity contribution in [1.82, 2.24) is 0 Å². The minimum atomic E-state index is -1.62. The van der Waals surface area contributed by atoms with Crippen LogP contribution in [0.1, 0.15) is 348 Å². The predicted octanol–water partition coefficient (Wildman–Crippen LogP) is 19.1. The topological polar surface area (TPSA) is 111 Å². The number of aliphatic carboxylic acids is 1. The van der Waals surface area contributed by atoms with Crippen LogP contribution in [0, 0.1) is 0 Å². The number of allylic oxidation sites excluding steroid dienone is 2. The summed E-state index contributed by atoms with van der Waals surface area (Å²) in [5.74, 6) is -2.25. The fraction of sp³-hybridized carbons (Fsp3) is 0.926. The number of nitrogens with zero attached hydrogens (tertiary/aromatic N) is 1. The zero-order valence-electron chi connectivity index (χ0n) is 52.1. The highest BCUT2D eigenvalue weighted by Gasteiger charge is 2.22. The first-order chi connectivity index (χ1) is 37.6. The zero-order chi connectivity index (χ0) is 56.2. The van der Waals surface area contributed by atoms with Gasteiger partial charge in [-0.25, -0.2) is 0 Å². The lowest BCUT2D eigenvalue weighted by Gasteiger charge is -2.26. The number of carboxylic acid groups (broad SMARTS) is 1. The molecule has 0 aromatic rings. The van der Waals surface area contributed by atoms with E-state index in [1.807, 2.05) is 21.1 Å². The van der Waals surface area contributed by atoms with E-state index in [0.29, 0.717) is 17.4 Å². The molecule has 0 saturated heterocycles. The first kappa shape index (κ1) is 75.0. The highest BCUT2D eigenvalue weighted by atomic mass is 16.7. The van der Waals surface area contributed by atoms with E-state index in [1.165, 1.54) is 283 Å². The van der Waals surface area contributed by atoms with Crippen LogP contribution in [-0.4, -0.2) is 82.3 Å². The number of esters is 2. The van der Waals surface area contributed by atoms with Gasteiger partial charge < -0.3 is 33.3 Å². The monoisotopic (exact) mass is 1090 g/mol. The van der Waals surface area contributed by atoms with Crippen molar-refractivity contribution < 1.29 is 42.9 Å². The Balaban J connectivity index is 4.09. The summed E-state index contributed by atoms with van der Waals surface area (Å²) >= 11 is 0. The molecule has 0 aromatic heterocycles. The standard InChI is InChI=1S/C68H131NO8/c1-6-8-10-12-14-16-18-20-22-24-26-28-30-32-33-35-37-39-41-43-45-47-49-51-53-55-57-59-66(71)77-64(63-76-68(67(72)73)74-61-60-69(3,4)5)62-75-65(70)58-56-54-52-50-48-46-44-42-40-38-36-34-31-29-27-25-23-21-19-17-15-13-11-9-7-2/h24,26,64,68H,6-23,25,27-63H2,1-5H3/b26-24-. The van der Waals surface area contributed by atoms with Crippen LogP contribution >= 0.6 is 0 Å². The van der Waals surface area contributed by atoms with Crippen LogP contribution in [0.15, 0.2) is 12.2 Å². The van der Waals surface area contributed by atoms with Gasteiger partial charge in [-0.15, -0.1) is 0 Å². The number of carbonyl (C=O) groups is 3. The van der Waals surface area contributed by atoms with Crippen molar-refractivity contribution in [3.63, 3.8) is 0 Å². The fourth-order valence-corrected chi connectivity index (χ4v) is 10.3. The Hall–Kier alpha value is -1.97. The summed E-state index contributed by atoms with van der Waals surface area (Å²) in [6.07, 6.45) is 68.6. The summed E-state index contributed by atoms with van der Waals surface area (Å²) in [6.45, 7) is 4.83. The van der Waals surface area contributed by atoms with Gasteiger partial charge in [0.05, 0.1) is 40.3 Å². The molecule has 77 heavy (non-hydrogen) atoms. The fourth-order valence-electron chi connectivity index (χ4n) is 10.3. The first-order valence-electron chi connectivity index (χ1n) is 33.8. The van der Waals surface area contributed by atoms with Gasteiger partial charge in [-0.3, -0.25) is 9.59 Å². The van der Waals surface area contributed by atoms with Crippen molar-refractivity contribution in [2.75, 3.05) is 47.5 Å². The van der Waals surface area contributed by atoms with E-state index in [9.17, 15) is 19.5 Å². The quantitative estimate of drug-likeness (QED) is 0.0195. The van der Waals surface area contributed by atoms with Crippen LogP contribution in [0.4, 0.5) is 0 Å². The number of likely N-dealkylation sites (N-methyl/N-ethyl adjacent to an activating group) is 1. The second kappa shape index (κ2) is 60.1. The number of hydrogen-bond acceptors (Lipinski definition) is 8. The number of carboxylic acids is 1. The number of rotatable bonds is 64. The van der Waals surface area contributed by atoms with Crippen molar-refractivity contribution in [1.29, 1.82) is 0 Å². The highest BCUT2D eigenvalue weighted by Crippen LogP contribution is 2.19. The summed E-state index contributed by atoms with van der Waals surface area (Å²) in [4.78, 5) is 37.4. The predicted molar refractivity (Wildman–Crippen MR) is 325 cm³/mol. The molecule has 0 spiro atoms. The van der Waals surface area contributed by atoms with Crippen molar-refractivity contribution in [3.8, 4) is 0 Å². The SMILES string of the molecule is CCCCCCCCCC/C=C\CCCCCCCCCCCCCCCCCC(=O)OC(COC(=O)CCCCCCCCCCCCCCCCCCCCCCCCCCC)COC(OCC[N+](C)(C)C)C(=O)[O-]. The van der Waals surface area contributed by atoms with Crippen LogP contribution in [0.25, 0.3) is 0 Å². The molecule has 0 aromatic carbocycles. The first-order valence-corrected chi connectivity index (χ1v) is 33.8. The molecule has 0 aliphatic rings. The van der Waals surface area contributed by atoms with Crippen molar-refractivity contribution >= 4 is 17.9 Å². The third-order valence-corrected chi connectivity index (χ3v) is 15.5. The van der Waals surface area contributed by atoms with Crippen LogP contribution < -0.4 is 5.11 Å². The molecule has 2 atom stereocenters. The van der Waals surface area contributed by atoms with Crippen molar-refractivity contribution in [2.24, 2.45) is 0 Å². The molecule has 9 heteroatoms. The van der Waals surface area contributed by atoms with Crippen LogP contribution in [0.5, 0.6) is 0 Å². The molecule has 2 unspecified atom stereocenters. The van der Waals surface area contributed by atoms with Crippen molar-refractivity contribution in [2.45, 2.75) is 360 Å². The number of carbonyl (C=O) groups excluding carboxylic acids is 3. The maximum Gasteiger partial charge on any atom is 0.306 e. The van der Waals surface area contributed by atoms with Gasteiger partial charge in [-0.1, -0.05) is 309 Å². The minimum absolute atomic E-state index is 0.152. The number of hydrogen-bond donors (Lipinski definition) is 0. The maximum atomic E-state index is 12.9. The Morgan fingerprint density at radius 3 is 0.961 bits per heavy atom. The lowest BCUT2D eigenvalue weighted by atomic mass is 10.0. The third kappa shape index (κ3) is 61.5. The van der Waals surface area contributed by atoms with E-state index in [1.54, 1.807) is 0 Å². The van der Waals surface area contributed by atoms with Gasteiger partial charge in [0, 0.05) is 12.8 Å². The van der Waals surface area contributed by atoms with Crippen LogP contribution in [0.2, 0.25) is 0 Å². The Morgan fingerprint density at radius 2 is 0.662 bits per heavy atom. The smallest absolute Gasteiger partial charge is 0.306 e. The molecular weight excluding hydrogens is 959 g/mol. The summed E-state index contributed by atoms with van der Waals surface area (Å²) in [5, 5.41) is 11.8. The Kier molecular flexibility index (Phi) is 58.6. The van der Waals surface area contributed by atoms with Gasteiger partial charge in [0.2, 0.25) is 0 Å². The van der Waals surface area contributed by atoms with Gasteiger partial charge in [0.1, 0.15) is 13.2 Å².